The summed E-state index contributed by atoms with van der Waals surface area (Å²) in [7, 11) is 4.20. The van der Waals surface area contributed by atoms with Gasteiger partial charge in [-0.1, -0.05) is 84.9 Å². The van der Waals surface area contributed by atoms with Crippen LogP contribution >= 0.6 is 0 Å². The first-order valence-electron chi connectivity index (χ1n) is 17.9. The number of aromatic nitrogens is 6. The Morgan fingerprint density at radius 1 is 0.434 bits per heavy atom. The van der Waals surface area contributed by atoms with Crippen LogP contribution in [0, 0.1) is 0 Å². The first-order valence-corrected chi connectivity index (χ1v) is 17.9. The zero-order chi connectivity index (χ0) is 35.3. The molecule has 10 aromatic rings. The summed E-state index contributed by atoms with van der Waals surface area (Å²) >= 11 is 0. The third-order valence-corrected chi connectivity index (χ3v) is 11.3. The highest BCUT2D eigenvalue weighted by atomic mass is 15.1. The molecule has 6 aromatic carbocycles. The quantitative estimate of drug-likeness (QED) is 0.186. The molecule has 1 aliphatic rings. The van der Waals surface area contributed by atoms with E-state index in [1.165, 1.54) is 22.3 Å². The van der Waals surface area contributed by atoms with Crippen LogP contribution in [0.4, 0.5) is 0 Å². The molecule has 0 aliphatic heterocycles. The minimum absolute atomic E-state index is 0.695. The van der Waals surface area contributed by atoms with Gasteiger partial charge in [0.15, 0.2) is 0 Å². The van der Waals surface area contributed by atoms with Gasteiger partial charge in [0.1, 0.15) is 11.6 Å². The molecule has 4 heterocycles. The van der Waals surface area contributed by atoms with Crippen molar-refractivity contribution in [2.24, 2.45) is 14.1 Å². The number of nitrogens with zero attached hydrogens (tertiary/aromatic N) is 6. The molecule has 0 atom stereocenters. The minimum atomic E-state index is -0.695. The van der Waals surface area contributed by atoms with E-state index in [1.54, 1.807) is 0 Å². The van der Waals surface area contributed by atoms with E-state index in [9.17, 15) is 0 Å². The maximum Gasteiger partial charge on any atom is 0.143 e. The molecule has 0 unspecified atom stereocenters. The Kier molecular flexibility index (Phi) is 6.20. The van der Waals surface area contributed by atoms with E-state index >= 15 is 0 Å². The molecule has 0 fully saturated rings. The van der Waals surface area contributed by atoms with E-state index in [0.29, 0.717) is 0 Å². The highest BCUT2D eigenvalue weighted by Gasteiger charge is 2.47. The van der Waals surface area contributed by atoms with Gasteiger partial charge in [-0.2, -0.15) is 0 Å². The van der Waals surface area contributed by atoms with Gasteiger partial charge in [-0.05, 0) is 94.0 Å². The molecule has 53 heavy (non-hydrogen) atoms. The number of benzene rings is 6. The fourth-order valence-electron chi connectivity index (χ4n) is 8.96. The van der Waals surface area contributed by atoms with E-state index in [0.717, 1.165) is 77.8 Å². The highest BCUT2D eigenvalue weighted by Crippen LogP contribution is 2.57. The molecule has 0 N–H and O–H groups in total. The van der Waals surface area contributed by atoms with Crippen LogP contribution in [0.3, 0.4) is 0 Å². The molecule has 6 nitrogen and oxygen atoms in total. The second kappa shape index (κ2) is 11.0. The van der Waals surface area contributed by atoms with Crippen molar-refractivity contribution in [3.05, 3.63) is 180 Å². The average molecular weight is 681 g/mol. The lowest BCUT2D eigenvalue weighted by atomic mass is 9.66. The summed E-state index contributed by atoms with van der Waals surface area (Å²) in [4.78, 5) is 20.4. The fourth-order valence-corrected chi connectivity index (χ4v) is 8.96. The van der Waals surface area contributed by atoms with E-state index in [4.69, 9.17) is 19.9 Å². The predicted octanol–water partition coefficient (Wildman–Crippen LogP) is 10.3. The number of para-hydroxylation sites is 4. The van der Waals surface area contributed by atoms with Crippen molar-refractivity contribution < 1.29 is 0 Å². The monoisotopic (exact) mass is 680 g/mol. The maximum absolute atomic E-state index is 5.21. The zero-order valence-electron chi connectivity index (χ0n) is 29.2. The summed E-state index contributed by atoms with van der Waals surface area (Å²) < 4.78 is 4.38. The van der Waals surface area contributed by atoms with Crippen LogP contribution < -0.4 is 0 Å². The standard InChI is InChI=1S/C47H32N6/c1-52-41-21-9-7-19-39(41)50-45(52)35-27-31(25-29-13-11-23-48-43(29)35)47(37-17-5-3-15-33(37)34-16-4-6-18-38(34)47)32-26-30-14-12-24-49-44(30)36(28-32)46-51-40-20-8-10-22-42(40)53(46)2/h3-28H,1-2H3. The summed E-state index contributed by atoms with van der Waals surface area (Å²) in [5.74, 6) is 1.77. The Morgan fingerprint density at radius 2 is 0.868 bits per heavy atom. The molecule has 6 heteroatoms. The lowest BCUT2D eigenvalue weighted by Crippen LogP contribution is -2.29. The SMILES string of the molecule is Cn1c(-c2cc(C3(c4cc(-c5nc6ccccc6n5C)c5ncccc5c4)c4ccccc4-c4ccccc43)cc3cccnc23)nc2ccccc21. The molecule has 250 valence electrons. The number of hydrogen-bond donors (Lipinski definition) is 0. The second-order valence-corrected chi connectivity index (χ2v) is 14.0. The zero-order valence-corrected chi connectivity index (χ0v) is 29.2. The summed E-state index contributed by atoms with van der Waals surface area (Å²) in [6, 6.07) is 52.2. The third kappa shape index (κ3) is 4.09. The molecule has 11 rings (SSSR count). The minimum Gasteiger partial charge on any atom is -0.327 e. The van der Waals surface area contributed by atoms with Crippen molar-refractivity contribution in [1.29, 1.82) is 0 Å². The topological polar surface area (TPSA) is 61.4 Å². The van der Waals surface area contributed by atoms with Gasteiger partial charge in [0, 0.05) is 48.4 Å². The molecule has 0 saturated heterocycles. The normalized spacial score (nSPS) is 13.2. The Bertz CT molecular complexity index is 2900. The van der Waals surface area contributed by atoms with Crippen LogP contribution in [0.1, 0.15) is 22.3 Å². The van der Waals surface area contributed by atoms with Crippen LogP contribution in [0.15, 0.2) is 158 Å². The van der Waals surface area contributed by atoms with Crippen LogP contribution in [0.2, 0.25) is 0 Å². The van der Waals surface area contributed by atoms with E-state index < -0.39 is 5.41 Å². The largest absolute Gasteiger partial charge is 0.327 e. The number of aryl methyl sites for hydroxylation is 2. The van der Waals surface area contributed by atoms with Gasteiger partial charge in [0.05, 0.1) is 38.5 Å². The van der Waals surface area contributed by atoms with Crippen molar-refractivity contribution in [2.45, 2.75) is 5.41 Å². The van der Waals surface area contributed by atoms with Gasteiger partial charge < -0.3 is 9.13 Å². The molecular formula is C47H32N6. The van der Waals surface area contributed by atoms with Gasteiger partial charge in [0.25, 0.3) is 0 Å². The van der Waals surface area contributed by atoms with E-state index in [-0.39, 0.29) is 0 Å². The summed E-state index contributed by atoms with van der Waals surface area (Å²) in [5.41, 5.74) is 14.5. The van der Waals surface area contributed by atoms with Crippen LogP contribution in [-0.2, 0) is 19.5 Å². The van der Waals surface area contributed by atoms with Crippen molar-refractivity contribution >= 4 is 43.9 Å². The van der Waals surface area contributed by atoms with Gasteiger partial charge in [-0.25, -0.2) is 9.97 Å². The Morgan fingerprint density at radius 3 is 1.34 bits per heavy atom. The van der Waals surface area contributed by atoms with Crippen LogP contribution in [0.25, 0.3) is 77.8 Å². The Hall–Kier alpha value is -6.92. The number of rotatable bonds is 4. The molecule has 1 aliphatic carbocycles. The third-order valence-electron chi connectivity index (χ3n) is 11.3. The molecule has 0 spiro atoms. The highest BCUT2D eigenvalue weighted by molar-refractivity contribution is 5.99. The van der Waals surface area contributed by atoms with Crippen molar-refractivity contribution in [1.82, 2.24) is 29.1 Å². The first kappa shape index (κ1) is 29.8. The second-order valence-electron chi connectivity index (χ2n) is 14.0. The maximum atomic E-state index is 5.21. The smallest absolute Gasteiger partial charge is 0.143 e. The molecular weight excluding hydrogens is 649 g/mol. The molecule has 0 saturated carbocycles. The van der Waals surface area contributed by atoms with Crippen molar-refractivity contribution in [3.8, 4) is 33.9 Å². The van der Waals surface area contributed by atoms with Crippen molar-refractivity contribution in [3.63, 3.8) is 0 Å². The van der Waals surface area contributed by atoms with E-state index in [1.807, 2.05) is 36.7 Å². The fraction of sp³-hybridized carbons (Fsp3) is 0.0638. The predicted molar refractivity (Wildman–Crippen MR) is 214 cm³/mol. The molecule has 0 amide bonds. The van der Waals surface area contributed by atoms with E-state index in [2.05, 4.69) is 145 Å². The van der Waals surface area contributed by atoms with Crippen LogP contribution in [0.5, 0.6) is 0 Å². The lowest BCUT2D eigenvalue weighted by molar-refractivity contribution is 0.771. The van der Waals surface area contributed by atoms with Crippen LogP contribution in [-0.4, -0.2) is 29.1 Å². The van der Waals surface area contributed by atoms with Gasteiger partial charge in [0.2, 0.25) is 0 Å². The molecule has 0 radical (unpaired) electrons. The summed E-state index contributed by atoms with van der Waals surface area (Å²) in [5, 5.41) is 2.12. The van der Waals surface area contributed by atoms with Gasteiger partial charge >= 0.3 is 0 Å². The molecule has 4 aromatic heterocycles. The number of fused-ring (bicyclic) bond motifs is 7. The first-order chi connectivity index (χ1) is 26.1. The number of imidazole rings is 2. The lowest BCUT2D eigenvalue weighted by Gasteiger charge is -2.35. The number of pyridine rings is 2. The molecule has 0 bridgehead atoms. The average Bonchev–Trinajstić information content (AvgIpc) is 3.84. The van der Waals surface area contributed by atoms with Gasteiger partial charge in [-0.3, -0.25) is 9.97 Å². The Labute approximate surface area is 305 Å². The summed E-state index contributed by atoms with van der Waals surface area (Å²) in [6.45, 7) is 0. The summed E-state index contributed by atoms with van der Waals surface area (Å²) in [6.07, 6.45) is 3.76. The van der Waals surface area contributed by atoms with Gasteiger partial charge in [-0.15, -0.1) is 0 Å². The number of hydrogen-bond acceptors (Lipinski definition) is 4. The van der Waals surface area contributed by atoms with Crippen molar-refractivity contribution in [2.75, 3.05) is 0 Å². The Balaban J connectivity index is 1.30.